The van der Waals surface area contributed by atoms with Crippen molar-refractivity contribution in [2.45, 2.75) is 77.1 Å². The van der Waals surface area contributed by atoms with Crippen molar-refractivity contribution in [1.29, 1.82) is 0 Å². The van der Waals surface area contributed by atoms with Gasteiger partial charge < -0.3 is 5.32 Å². The van der Waals surface area contributed by atoms with Crippen molar-refractivity contribution >= 4 is 0 Å². The van der Waals surface area contributed by atoms with Gasteiger partial charge in [0.15, 0.2) is 0 Å². The number of rotatable bonds is 2. The third-order valence-corrected chi connectivity index (χ3v) is 5.07. The van der Waals surface area contributed by atoms with E-state index in [2.05, 4.69) is 19.2 Å². The van der Waals surface area contributed by atoms with Crippen molar-refractivity contribution in [2.75, 3.05) is 0 Å². The molecule has 0 radical (unpaired) electrons. The van der Waals surface area contributed by atoms with Crippen LogP contribution in [-0.4, -0.2) is 18.3 Å². The molecule has 5 unspecified atom stereocenters. The number of halogens is 3. The molecule has 2 aliphatic rings. The van der Waals surface area contributed by atoms with Crippen LogP contribution in [0, 0.1) is 17.8 Å². The molecule has 1 nitrogen and oxygen atoms in total. The molecule has 0 saturated heterocycles. The summed E-state index contributed by atoms with van der Waals surface area (Å²) in [5.74, 6) is 0.0133. The molecule has 0 amide bonds. The lowest BCUT2D eigenvalue weighted by Gasteiger charge is -2.40. The Morgan fingerprint density at radius 1 is 0.895 bits per heavy atom. The van der Waals surface area contributed by atoms with Gasteiger partial charge in [-0.05, 0) is 37.5 Å². The summed E-state index contributed by atoms with van der Waals surface area (Å²) in [6.07, 6.45) is 1.98. The van der Waals surface area contributed by atoms with Crippen LogP contribution in [0.2, 0.25) is 0 Å². The van der Waals surface area contributed by atoms with E-state index in [1.807, 2.05) is 0 Å². The average molecular weight is 277 g/mol. The first-order valence-electron chi connectivity index (χ1n) is 7.70. The van der Waals surface area contributed by atoms with Crippen molar-refractivity contribution in [1.82, 2.24) is 5.32 Å². The van der Waals surface area contributed by atoms with Gasteiger partial charge in [-0.3, -0.25) is 0 Å². The zero-order valence-electron chi connectivity index (χ0n) is 12.0. The number of hydrogen-bond acceptors (Lipinski definition) is 1. The van der Waals surface area contributed by atoms with E-state index in [0.29, 0.717) is 24.7 Å². The number of alkyl halides is 3. The molecule has 1 N–H and O–H groups in total. The first-order chi connectivity index (χ1) is 8.88. The molecule has 0 spiro atoms. The maximum atomic E-state index is 13.1. The van der Waals surface area contributed by atoms with E-state index in [1.54, 1.807) is 0 Å². The highest BCUT2D eigenvalue weighted by atomic mass is 19.4. The minimum Gasteiger partial charge on any atom is -0.310 e. The van der Waals surface area contributed by atoms with E-state index in [-0.39, 0.29) is 12.1 Å². The molecule has 19 heavy (non-hydrogen) atoms. The molecule has 0 aliphatic heterocycles. The molecular weight excluding hydrogens is 251 g/mol. The lowest BCUT2D eigenvalue weighted by atomic mass is 9.77. The molecule has 2 aliphatic carbocycles. The van der Waals surface area contributed by atoms with Crippen LogP contribution in [0.5, 0.6) is 0 Å². The van der Waals surface area contributed by atoms with E-state index in [1.165, 1.54) is 6.42 Å². The lowest BCUT2D eigenvalue weighted by Crippen LogP contribution is -2.52. The fourth-order valence-corrected chi connectivity index (χ4v) is 3.76. The second kappa shape index (κ2) is 6.02. The lowest BCUT2D eigenvalue weighted by molar-refractivity contribution is -0.190. The van der Waals surface area contributed by atoms with Crippen LogP contribution in [0.25, 0.3) is 0 Å². The summed E-state index contributed by atoms with van der Waals surface area (Å²) in [7, 11) is 0. The van der Waals surface area contributed by atoms with E-state index in [9.17, 15) is 13.2 Å². The molecule has 2 saturated carbocycles. The normalized spacial score (nSPS) is 41.2. The number of hydrogen-bond donors (Lipinski definition) is 1. The van der Waals surface area contributed by atoms with Gasteiger partial charge in [-0.1, -0.05) is 33.1 Å². The minimum absolute atomic E-state index is 0.275. The van der Waals surface area contributed by atoms with Crippen LogP contribution >= 0.6 is 0 Å². The maximum Gasteiger partial charge on any atom is 0.393 e. The van der Waals surface area contributed by atoms with Crippen LogP contribution in [0.1, 0.15) is 58.8 Å². The van der Waals surface area contributed by atoms with Gasteiger partial charge in [0.25, 0.3) is 0 Å². The van der Waals surface area contributed by atoms with Crippen molar-refractivity contribution in [2.24, 2.45) is 17.8 Å². The van der Waals surface area contributed by atoms with E-state index in [0.717, 1.165) is 25.7 Å². The van der Waals surface area contributed by atoms with Crippen molar-refractivity contribution in [3.05, 3.63) is 0 Å². The Morgan fingerprint density at radius 2 is 1.58 bits per heavy atom. The van der Waals surface area contributed by atoms with E-state index < -0.39 is 12.1 Å². The fraction of sp³-hybridized carbons (Fsp3) is 1.00. The Labute approximate surface area is 114 Å². The van der Waals surface area contributed by atoms with Gasteiger partial charge >= 0.3 is 6.18 Å². The van der Waals surface area contributed by atoms with Gasteiger partial charge in [-0.2, -0.15) is 13.2 Å². The number of nitrogens with one attached hydrogen (secondary N) is 1. The Bertz CT molecular complexity index is 290. The smallest absolute Gasteiger partial charge is 0.310 e. The molecule has 4 heteroatoms. The second-order valence-corrected chi connectivity index (χ2v) is 6.71. The average Bonchev–Trinajstić information content (AvgIpc) is 2.33. The summed E-state index contributed by atoms with van der Waals surface area (Å²) < 4.78 is 39.2. The topological polar surface area (TPSA) is 12.0 Å². The van der Waals surface area contributed by atoms with Crippen LogP contribution in [0.3, 0.4) is 0 Å². The Hall–Kier alpha value is -0.250. The predicted molar refractivity (Wildman–Crippen MR) is 70.9 cm³/mol. The van der Waals surface area contributed by atoms with Gasteiger partial charge in [0, 0.05) is 12.1 Å². The van der Waals surface area contributed by atoms with E-state index >= 15 is 0 Å². The molecule has 112 valence electrons. The van der Waals surface area contributed by atoms with E-state index in [4.69, 9.17) is 0 Å². The molecule has 0 heterocycles. The Kier molecular flexibility index (Phi) is 4.80. The highest BCUT2D eigenvalue weighted by Gasteiger charge is 2.46. The summed E-state index contributed by atoms with van der Waals surface area (Å²) in [4.78, 5) is 0. The quantitative estimate of drug-likeness (QED) is 0.782. The molecule has 0 aromatic heterocycles. The van der Waals surface area contributed by atoms with Gasteiger partial charge in [0.1, 0.15) is 0 Å². The van der Waals surface area contributed by atoms with Crippen molar-refractivity contribution in [3.63, 3.8) is 0 Å². The van der Waals surface area contributed by atoms with Crippen molar-refractivity contribution < 1.29 is 13.2 Å². The SMILES string of the molecule is CC1CCC(C)C(NC2CCCCC2C(F)(F)F)C1. The standard InChI is InChI=1S/C15H26F3N/c1-10-7-8-11(2)14(9-10)19-13-6-4-3-5-12(13)15(16,17)18/h10-14,19H,3-9H2,1-2H3. The Balaban J connectivity index is 1.98. The summed E-state index contributed by atoms with van der Waals surface area (Å²) >= 11 is 0. The second-order valence-electron chi connectivity index (χ2n) is 6.71. The maximum absolute atomic E-state index is 13.1. The third kappa shape index (κ3) is 3.87. The first kappa shape index (κ1) is 15.1. The monoisotopic (exact) mass is 277 g/mol. The minimum atomic E-state index is -4.04. The largest absolute Gasteiger partial charge is 0.393 e. The van der Waals surface area contributed by atoms with Gasteiger partial charge in [0.2, 0.25) is 0 Å². The first-order valence-corrected chi connectivity index (χ1v) is 7.70. The summed E-state index contributed by atoms with van der Waals surface area (Å²) in [5.41, 5.74) is 0. The predicted octanol–water partition coefficient (Wildman–Crippen LogP) is 4.52. The zero-order valence-corrected chi connectivity index (χ0v) is 12.0. The molecule has 2 fully saturated rings. The fourth-order valence-electron chi connectivity index (χ4n) is 3.76. The summed E-state index contributed by atoms with van der Waals surface area (Å²) in [6, 6.07) is -0.0804. The molecule has 0 aromatic rings. The molecule has 2 rings (SSSR count). The van der Waals surface area contributed by atoms with Gasteiger partial charge in [-0.15, -0.1) is 0 Å². The summed E-state index contributed by atoms with van der Waals surface area (Å²) in [6.45, 7) is 4.39. The third-order valence-electron chi connectivity index (χ3n) is 5.07. The Morgan fingerprint density at radius 3 is 2.26 bits per heavy atom. The van der Waals surface area contributed by atoms with Gasteiger partial charge in [0.05, 0.1) is 5.92 Å². The zero-order chi connectivity index (χ0) is 14.0. The molecule has 5 atom stereocenters. The highest BCUT2D eigenvalue weighted by molar-refractivity contribution is 4.90. The highest BCUT2D eigenvalue weighted by Crippen LogP contribution is 2.39. The van der Waals surface area contributed by atoms with Crippen LogP contribution < -0.4 is 5.32 Å². The molecular formula is C15H26F3N. The van der Waals surface area contributed by atoms with Crippen LogP contribution in [0.4, 0.5) is 13.2 Å². The summed E-state index contributed by atoms with van der Waals surface area (Å²) in [5, 5.41) is 3.37. The molecule has 0 bridgehead atoms. The van der Waals surface area contributed by atoms with Crippen LogP contribution in [0.15, 0.2) is 0 Å². The van der Waals surface area contributed by atoms with Gasteiger partial charge in [-0.25, -0.2) is 0 Å². The van der Waals surface area contributed by atoms with Crippen LogP contribution in [-0.2, 0) is 0 Å². The molecule has 0 aromatic carbocycles. The van der Waals surface area contributed by atoms with Crippen molar-refractivity contribution in [3.8, 4) is 0 Å².